The molecule has 7 heteroatoms. The number of nitrogens with zero attached hydrogens (tertiary/aromatic N) is 3. The molecule has 1 aromatic heterocycles. The summed E-state index contributed by atoms with van der Waals surface area (Å²) in [6, 6.07) is 8.73. The summed E-state index contributed by atoms with van der Waals surface area (Å²) in [5.41, 5.74) is -0.677. The molecule has 2 aromatic rings. The number of aliphatic hydroxyl groups excluding tert-OH is 1. The Morgan fingerprint density at radius 2 is 2.00 bits per heavy atom. The second-order valence-corrected chi connectivity index (χ2v) is 7.93. The summed E-state index contributed by atoms with van der Waals surface area (Å²) in [5.74, 6) is -2.04. The quantitative estimate of drug-likeness (QED) is 0.771. The van der Waals surface area contributed by atoms with Gasteiger partial charge in [-0.15, -0.1) is 0 Å². The van der Waals surface area contributed by atoms with Gasteiger partial charge in [0, 0.05) is 18.0 Å². The smallest absolute Gasteiger partial charge is 0.240 e. The molecule has 3 aliphatic rings. The van der Waals surface area contributed by atoms with E-state index < -0.39 is 29.1 Å². The fourth-order valence-electron chi connectivity index (χ4n) is 5.20. The zero-order valence-electron chi connectivity index (χ0n) is 14.8. The number of aliphatic hydroxyl groups is 1. The molecule has 0 unspecified atom stereocenters. The molecule has 0 radical (unpaired) electrons. The number of aromatic nitrogens is 1. The molecule has 5 atom stereocenters. The number of fused-ring (bicyclic) bond motifs is 6. The largest absolute Gasteiger partial charge is 0.390 e. The van der Waals surface area contributed by atoms with E-state index in [9.17, 15) is 20.0 Å². The van der Waals surface area contributed by atoms with Crippen LogP contribution >= 0.6 is 0 Å². The Bertz CT molecular complexity index is 1080. The van der Waals surface area contributed by atoms with E-state index in [0.29, 0.717) is 28.6 Å². The van der Waals surface area contributed by atoms with Gasteiger partial charge in [0.05, 0.1) is 40.3 Å². The summed E-state index contributed by atoms with van der Waals surface area (Å²) in [7, 11) is 0. The number of carbonyl (C=O) groups is 2. The SMILES string of the molecule is C[C@@]12O[C@](C)(C[C@@H]1O)[C@@H]1C(=O)N(c3ccc(C#N)c4ncccc34)C(=O)[C@@H]12. The van der Waals surface area contributed by atoms with Gasteiger partial charge in [-0.25, -0.2) is 4.90 Å². The lowest BCUT2D eigenvalue weighted by atomic mass is 9.67. The van der Waals surface area contributed by atoms with Gasteiger partial charge in [0.2, 0.25) is 11.8 Å². The minimum atomic E-state index is -1.07. The third kappa shape index (κ3) is 1.79. The van der Waals surface area contributed by atoms with Crippen molar-refractivity contribution in [3.63, 3.8) is 0 Å². The van der Waals surface area contributed by atoms with E-state index in [1.165, 1.54) is 4.90 Å². The molecule has 3 saturated heterocycles. The van der Waals surface area contributed by atoms with Crippen LogP contribution in [0.15, 0.2) is 30.5 Å². The standard InChI is InChI=1S/C20H17N3O4/c1-19-8-13(24)20(2,27-19)15-14(19)17(25)23(18(15)26)12-6-5-10(9-21)16-11(12)4-3-7-22-16/h3-7,13-15,24H,8H2,1-2H3/t13-,14-,15+,19+,20+/m0/s1. The number of benzene rings is 1. The molecule has 0 saturated carbocycles. The molecule has 4 heterocycles. The highest BCUT2D eigenvalue weighted by Gasteiger charge is 2.75. The van der Waals surface area contributed by atoms with E-state index >= 15 is 0 Å². The lowest BCUT2D eigenvalue weighted by molar-refractivity contribution is -0.132. The van der Waals surface area contributed by atoms with Crippen LogP contribution in [0.4, 0.5) is 5.69 Å². The van der Waals surface area contributed by atoms with E-state index in [1.807, 2.05) is 0 Å². The average molecular weight is 363 g/mol. The third-order valence-electron chi connectivity index (χ3n) is 6.40. The van der Waals surface area contributed by atoms with Crippen molar-refractivity contribution in [2.75, 3.05) is 4.90 Å². The molecule has 27 heavy (non-hydrogen) atoms. The molecule has 3 aliphatic heterocycles. The summed E-state index contributed by atoms with van der Waals surface area (Å²) in [6.45, 7) is 3.50. The molecule has 0 aliphatic carbocycles. The molecule has 2 amide bonds. The first-order valence-electron chi connectivity index (χ1n) is 8.86. The van der Waals surface area contributed by atoms with Crippen LogP contribution in [-0.4, -0.2) is 39.2 Å². The number of ether oxygens (including phenoxy) is 1. The predicted molar refractivity (Wildman–Crippen MR) is 94.4 cm³/mol. The number of hydrogen-bond acceptors (Lipinski definition) is 6. The van der Waals surface area contributed by atoms with Crippen molar-refractivity contribution < 1.29 is 19.4 Å². The maximum absolute atomic E-state index is 13.3. The van der Waals surface area contributed by atoms with Gasteiger partial charge in [-0.3, -0.25) is 14.6 Å². The summed E-state index contributed by atoms with van der Waals surface area (Å²) in [6.07, 6.45) is 1.11. The molecule has 5 rings (SSSR count). The van der Waals surface area contributed by atoms with Crippen LogP contribution in [0, 0.1) is 23.2 Å². The third-order valence-corrected chi connectivity index (χ3v) is 6.40. The highest BCUT2D eigenvalue weighted by Crippen LogP contribution is 2.61. The first-order chi connectivity index (χ1) is 12.8. The number of carbonyl (C=O) groups excluding carboxylic acids is 2. The van der Waals surface area contributed by atoms with Gasteiger partial charge >= 0.3 is 0 Å². The predicted octanol–water partition coefficient (Wildman–Crippen LogP) is 1.52. The molecular weight excluding hydrogens is 346 g/mol. The fourth-order valence-corrected chi connectivity index (χ4v) is 5.20. The minimum Gasteiger partial charge on any atom is -0.390 e. The second kappa shape index (κ2) is 4.91. The summed E-state index contributed by atoms with van der Waals surface area (Å²) in [5, 5.41) is 20.3. The summed E-state index contributed by atoms with van der Waals surface area (Å²) < 4.78 is 6.00. The first-order valence-corrected chi connectivity index (χ1v) is 8.86. The lowest BCUT2D eigenvalue weighted by Crippen LogP contribution is -2.49. The van der Waals surface area contributed by atoms with E-state index in [4.69, 9.17) is 4.74 Å². The monoisotopic (exact) mass is 363 g/mol. The van der Waals surface area contributed by atoms with Gasteiger partial charge in [0.1, 0.15) is 11.7 Å². The van der Waals surface area contributed by atoms with Crippen LogP contribution in [0.25, 0.3) is 10.9 Å². The van der Waals surface area contributed by atoms with Crippen LogP contribution in [0.3, 0.4) is 0 Å². The molecule has 3 fully saturated rings. The van der Waals surface area contributed by atoms with Crippen LogP contribution in [0.5, 0.6) is 0 Å². The van der Waals surface area contributed by atoms with Crippen molar-refractivity contribution in [2.24, 2.45) is 11.8 Å². The fraction of sp³-hybridized carbons (Fsp3) is 0.400. The average Bonchev–Trinajstić information content (AvgIpc) is 3.15. The second-order valence-electron chi connectivity index (χ2n) is 7.93. The van der Waals surface area contributed by atoms with Crippen molar-refractivity contribution in [2.45, 2.75) is 37.6 Å². The van der Waals surface area contributed by atoms with Gasteiger partial charge in [0.15, 0.2) is 0 Å². The topological polar surface area (TPSA) is 104 Å². The number of nitriles is 1. The number of amides is 2. The van der Waals surface area contributed by atoms with Crippen LogP contribution in [0.1, 0.15) is 25.8 Å². The molecule has 1 N–H and O–H groups in total. The Hall–Kier alpha value is -2.82. The van der Waals surface area contributed by atoms with Crippen LogP contribution in [0.2, 0.25) is 0 Å². The van der Waals surface area contributed by atoms with Crippen molar-refractivity contribution in [3.8, 4) is 6.07 Å². The maximum atomic E-state index is 13.3. The van der Waals surface area contributed by atoms with Gasteiger partial charge in [-0.2, -0.15) is 5.26 Å². The number of pyridine rings is 1. The highest BCUT2D eigenvalue weighted by atomic mass is 16.6. The van der Waals surface area contributed by atoms with Gasteiger partial charge in [-0.05, 0) is 38.1 Å². The number of imide groups is 1. The molecule has 136 valence electrons. The van der Waals surface area contributed by atoms with E-state index in [0.717, 1.165) is 0 Å². The Kier molecular flexibility index (Phi) is 2.98. The molecule has 1 aromatic carbocycles. The van der Waals surface area contributed by atoms with E-state index in [1.54, 1.807) is 44.3 Å². The number of hydrogen-bond donors (Lipinski definition) is 1. The number of rotatable bonds is 1. The lowest BCUT2D eigenvalue weighted by Gasteiger charge is -2.31. The van der Waals surface area contributed by atoms with Crippen molar-refractivity contribution in [1.82, 2.24) is 4.98 Å². The van der Waals surface area contributed by atoms with E-state index in [-0.39, 0.29) is 11.8 Å². The van der Waals surface area contributed by atoms with Crippen molar-refractivity contribution in [3.05, 3.63) is 36.0 Å². The Morgan fingerprint density at radius 1 is 1.26 bits per heavy atom. The van der Waals surface area contributed by atoms with Gasteiger partial charge < -0.3 is 9.84 Å². The maximum Gasteiger partial charge on any atom is 0.240 e. The molecule has 0 spiro atoms. The van der Waals surface area contributed by atoms with Crippen LogP contribution < -0.4 is 4.90 Å². The van der Waals surface area contributed by atoms with Crippen LogP contribution in [-0.2, 0) is 14.3 Å². The zero-order chi connectivity index (χ0) is 19.1. The minimum absolute atomic E-state index is 0.321. The molecule has 2 bridgehead atoms. The van der Waals surface area contributed by atoms with Gasteiger partial charge in [0.25, 0.3) is 0 Å². The Labute approximate surface area is 155 Å². The van der Waals surface area contributed by atoms with E-state index in [2.05, 4.69) is 11.1 Å². The summed E-state index contributed by atoms with van der Waals surface area (Å²) >= 11 is 0. The molecule has 7 nitrogen and oxygen atoms in total. The normalized spacial score (nSPS) is 37.1. The Morgan fingerprint density at radius 3 is 2.74 bits per heavy atom. The Balaban J connectivity index is 1.69. The van der Waals surface area contributed by atoms with Crippen molar-refractivity contribution >= 4 is 28.4 Å². The molecular formula is C20H17N3O4. The number of anilines is 1. The van der Waals surface area contributed by atoms with Gasteiger partial charge in [-0.1, -0.05) is 0 Å². The zero-order valence-corrected chi connectivity index (χ0v) is 14.8. The highest BCUT2D eigenvalue weighted by molar-refractivity contribution is 6.26. The van der Waals surface area contributed by atoms with Crippen molar-refractivity contribution in [1.29, 1.82) is 5.26 Å². The summed E-state index contributed by atoms with van der Waals surface area (Å²) in [4.78, 5) is 32.0. The first kappa shape index (κ1) is 16.4.